The summed E-state index contributed by atoms with van der Waals surface area (Å²) in [5.74, 6) is 1.25. The zero-order valence-electron chi connectivity index (χ0n) is 13.6. The summed E-state index contributed by atoms with van der Waals surface area (Å²) in [5.41, 5.74) is 0.905. The number of thiazole rings is 1. The van der Waals surface area contributed by atoms with E-state index in [-0.39, 0.29) is 18.9 Å². The molecular formula is C18H18N2O3S. The molecule has 0 N–H and O–H groups in total. The van der Waals surface area contributed by atoms with E-state index in [2.05, 4.69) is 4.98 Å². The highest BCUT2D eigenvalue weighted by molar-refractivity contribution is 7.22. The Morgan fingerprint density at radius 1 is 1.12 bits per heavy atom. The topological polar surface area (TPSA) is 51.7 Å². The van der Waals surface area contributed by atoms with Crippen molar-refractivity contribution >= 4 is 32.6 Å². The molecule has 3 rings (SSSR count). The lowest BCUT2D eigenvalue weighted by Gasteiger charge is -2.14. The molecule has 0 aliphatic rings. The summed E-state index contributed by atoms with van der Waals surface area (Å²) >= 11 is 1.50. The van der Waals surface area contributed by atoms with E-state index in [1.165, 1.54) is 11.3 Å². The smallest absolute Gasteiger partial charge is 0.231 e. The Morgan fingerprint density at radius 2 is 1.83 bits per heavy atom. The van der Waals surface area contributed by atoms with Crippen molar-refractivity contribution in [1.82, 2.24) is 4.98 Å². The van der Waals surface area contributed by atoms with Gasteiger partial charge in [0.15, 0.2) is 16.6 Å². The fourth-order valence-electron chi connectivity index (χ4n) is 2.26. The highest BCUT2D eigenvalue weighted by atomic mass is 32.1. The number of amides is 1. The van der Waals surface area contributed by atoms with Crippen molar-refractivity contribution in [2.45, 2.75) is 6.42 Å². The van der Waals surface area contributed by atoms with Gasteiger partial charge in [-0.25, -0.2) is 4.98 Å². The molecule has 0 aliphatic heterocycles. The maximum atomic E-state index is 12.3. The molecule has 0 saturated heterocycles. The van der Waals surface area contributed by atoms with Crippen molar-refractivity contribution in [3.63, 3.8) is 0 Å². The second-order valence-electron chi connectivity index (χ2n) is 5.17. The molecule has 0 unspecified atom stereocenters. The number of hydrogen-bond acceptors (Lipinski definition) is 5. The normalized spacial score (nSPS) is 10.6. The maximum absolute atomic E-state index is 12.3. The second-order valence-corrected chi connectivity index (χ2v) is 6.18. The Morgan fingerprint density at radius 3 is 2.58 bits per heavy atom. The van der Waals surface area contributed by atoms with Gasteiger partial charge in [0, 0.05) is 7.05 Å². The lowest BCUT2D eigenvalue weighted by Crippen LogP contribution is -2.27. The van der Waals surface area contributed by atoms with Gasteiger partial charge in [0.2, 0.25) is 5.91 Å². The molecule has 0 atom stereocenters. The Bertz CT molecular complexity index is 814. The van der Waals surface area contributed by atoms with Gasteiger partial charge < -0.3 is 9.47 Å². The minimum Gasteiger partial charge on any atom is -0.493 e. The van der Waals surface area contributed by atoms with Crippen molar-refractivity contribution in [2.75, 3.05) is 25.7 Å². The van der Waals surface area contributed by atoms with E-state index in [4.69, 9.17) is 9.47 Å². The van der Waals surface area contributed by atoms with Crippen LogP contribution in [0.4, 0.5) is 5.13 Å². The van der Waals surface area contributed by atoms with Gasteiger partial charge in [-0.2, -0.15) is 0 Å². The average molecular weight is 342 g/mol. The van der Waals surface area contributed by atoms with Gasteiger partial charge in [-0.1, -0.05) is 35.6 Å². The van der Waals surface area contributed by atoms with Crippen molar-refractivity contribution in [3.8, 4) is 11.5 Å². The largest absolute Gasteiger partial charge is 0.493 e. The van der Waals surface area contributed by atoms with Crippen LogP contribution in [0.3, 0.4) is 0 Å². The number of methoxy groups -OCH3 is 1. The molecule has 0 radical (unpaired) electrons. The molecule has 6 heteroatoms. The quantitative estimate of drug-likeness (QED) is 0.685. The maximum Gasteiger partial charge on any atom is 0.231 e. The summed E-state index contributed by atoms with van der Waals surface area (Å²) in [6.45, 7) is 0.286. The highest BCUT2D eigenvalue weighted by Crippen LogP contribution is 2.28. The highest BCUT2D eigenvalue weighted by Gasteiger charge is 2.15. The number of fused-ring (bicyclic) bond motifs is 1. The molecule has 1 amide bonds. The zero-order valence-corrected chi connectivity index (χ0v) is 14.4. The Labute approximate surface area is 144 Å². The van der Waals surface area contributed by atoms with E-state index < -0.39 is 0 Å². The molecule has 0 saturated carbocycles. The van der Waals surface area contributed by atoms with Crippen LogP contribution in [0.25, 0.3) is 10.2 Å². The third kappa shape index (κ3) is 3.49. The molecule has 2 aromatic carbocycles. The summed E-state index contributed by atoms with van der Waals surface area (Å²) in [5, 5.41) is 0.693. The van der Waals surface area contributed by atoms with Crippen LogP contribution >= 0.6 is 11.3 Å². The van der Waals surface area contributed by atoms with Crippen LogP contribution in [0.5, 0.6) is 11.5 Å². The molecule has 24 heavy (non-hydrogen) atoms. The van der Waals surface area contributed by atoms with Gasteiger partial charge >= 0.3 is 0 Å². The lowest BCUT2D eigenvalue weighted by atomic mass is 10.3. The summed E-state index contributed by atoms with van der Waals surface area (Å²) < 4.78 is 11.9. The predicted molar refractivity (Wildman–Crippen MR) is 96.1 cm³/mol. The van der Waals surface area contributed by atoms with Crippen LogP contribution in [-0.4, -0.2) is 31.7 Å². The van der Waals surface area contributed by atoms with Crippen LogP contribution in [0.15, 0.2) is 48.5 Å². The number of carbonyl (C=O) groups is 1. The summed E-state index contributed by atoms with van der Waals surface area (Å²) in [6.07, 6.45) is 0.268. The molecule has 0 bridgehead atoms. The molecule has 0 fully saturated rings. The van der Waals surface area contributed by atoms with E-state index in [1.807, 2.05) is 48.5 Å². The summed E-state index contributed by atoms with van der Waals surface area (Å²) in [4.78, 5) is 18.4. The van der Waals surface area contributed by atoms with Crippen molar-refractivity contribution < 1.29 is 14.3 Å². The van der Waals surface area contributed by atoms with Crippen LogP contribution in [-0.2, 0) is 4.79 Å². The third-order valence-electron chi connectivity index (χ3n) is 3.59. The molecule has 3 aromatic rings. The second kappa shape index (κ2) is 7.31. The van der Waals surface area contributed by atoms with E-state index in [0.717, 1.165) is 10.2 Å². The molecule has 124 valence electrons. The first-order valence-corrected chi connectivity index (χ1v) is 8.38. The Kier molecular flexibility index (Phi) is 4.96. The molecule has 1 aromatic heterocycles. The van der Waals surface area contributed by atoms with Gasteiger partial charge in [0.25, 0.3) is 0 Å². The summed E-state index contributed by atoms with van der Waals surface area (Å²) in [7, 11) is 3.33. The van der Waals surface area contributed by atoms with Crippen molar-refractivity contribution in [1.29, 1.82) is 0 Å². The Hall–Kier alpha value is -2.60. The number of para-hydroxylation sites is 3. The third-order valence-corrected chi connectivity index (χ3v) is 4.70. The summed E-state index contributed by atoms with van der Waals surface area (Å²) in [6, 6.07) is 15.2. The van der Waals surface area contributed by atoms with Gasteiger partial charge in [-0.15, -0.1) is 0 Å². The van der Waals surface area contributed by atoms with E-state index in [9.17, 15) is 4.79 Å². The first kappa shape index (κ1) is 16.3. The predicted octanol–water partition coefficient (Wildman–Crippen LogP) is 3.74. The fraction of sp³-hybridized carbons (Fsp3) is 0.222. The molecular weight excluding hydrogens is 324 g/mol. The zero-order chi connectivity index (χ0) is 16.9. The minimum atomic E-state index is -0.0380. The SMILES string of the molecule is COc1ccccc1OCCC(=O)N(C)c1nc2ccccc2s1. The Balaban J connectivity index is 1.60. The van der Waals surface area contributed by atoms with E-state index >= 15 is 0 Å². The first-order chi connectivity index (χ1) is 11.7. The van der Waals surface area contributed by atoms with Gasteiger partial charge in [-0.3, -0.25) is 9.69 Å². The number of rotatable bonds is 6. The molecule has 0 spiro atoms. The average Bonchev–Trinajstić information content (AvgIpc) is 3.05. The van der Waals surface area contributed by atoms with Crippen LogP contribution in [0.1, 0.15) is 6.42 Å². The first-order valence-electron chi connectivity index (χ1n) is 7.57. The minimum absolute atomic E-state index is 0.0380. The van der Waals surface area contributed by atoms with Gasteiger partial charge in [-0.05, 0) is 24.3 Å². The van der Waals surface area contributed by atoms with E-state index in [1.54, 1.807) is 19.1 Å². The monoisotopic (exact) mass is 342 g/mol. The molecule has 0 aliphatic carbocycles. The van der Waals surface area contributed by atoms with Gasteiger partial charge in [0.1, 0.15) is 0 Å². The van der Waals surface area contributed by atoms with Crippen LogP contribution in [0, 0.1) is 0 Å². The van der Waals surface area contributed by atoms with Crippen molar-refractivity contribution in [2.24, 2.45) is 0 Å². The van der Waals surface area contributed by atoms with E-state index in [0.29, 0.717) is 16.6 Å². The number of anilines is 1. The number of benzene rings is 2. The molecule has 1 heterocycles. The van der Waals surface area contributed by atoms with Crippen molar-refractivity contribution in [3.05, 3.63) is 48.5 Å². The van der Waals surface area contributed by atoms with Crippen LogP contribution < -0.4 is 14.4 Å². The standard InChI is InChI=1S/C18H18N2O3S/c1-20(18-19-13-7-3-6-10-16(13)24-18)17(21)11-12-23-15-9-5-4-8-14(15)22-2/h3-10H,11-12H2,1-2H3. The van der Waals surface area contributed by atoms with Crippen LogP contribution in [0.2, 0.25) is 0 Å². The number of aromatic nitrogens is 1. The van der Waals surface area contributed by atoms with Gasteiger partial charge in [0.05, 0.1) is 30.4 Å². The number of nitrogens with zero attached hydrogens (tertiary/aromatic N) is 2. The number of hydrogen-bond donors (Lipinski definition) is 0. The number of ether oxygens (including phenoxy) is 2. The number of carbonyl (C=O) groups excluding carboxylic acids is 1. The molecule has 5 nitrogen and oxygen atoms in total. The fourth-order valence-corrected chi connectivity index (χ4v) is 3.21. The lowest BCUT2D eigenvalue weighted by molar-refractivity contribution is -0.118.